The van der Waals surface area contributed by atoms with E-state index >= 15 is 0 Å². The molecule has 2 N–H and O–H groups in total. The van der Waals surface area contributed by atoms with Gasteiger partial charge in [0.15, 0.2) is 0 Å². The van der Waals surface area contributed by atoms with Crippen LogP contribution in [0.2, 0.25) is 5.02 Å². The Hall–Kier alpha value is -1.67. The fraction of sp³-hybridized carbons (Fsp3) is 0.143. The van der Waals surface area contributed by atoms with Gasteiger partial charge in [0.05, 0.1) is 11.4 Å². The Morgan fingerprint density at radius 2 is 1.88 bits per heavy atom. The van der Waals surface area contributed by atoms with Crippen LogP contribution in [0.4, 0.5) is 17.1 Å². The molecule has 17 heavy (non-hydrogen) atoms. The third-order valence-corrected chi connectivity index (χ3v) is 3.40. The maximum atomic E-state index is 6.02. The van der Waals surface area contributed by atoms with Crippen molar-refractivity contribution < 1.29 is 0 Å². The van der Waals surface area contributed by atoms with Crippen molar-refractivity contribution in [3.05, 3.63) is 53.1 Å². The van der Waals surface area contributed by atoms with E-state index in [0.29, 0.717) is 0 Å². The largest absolute Gasteiger partial charge is 0.397 e. The first-order valence-corrected chi connectivity index (χ1v) is 6.04. The molecule has 0 bridgehead atoms. The van der Waals surface area contributed by atoms with Gasteiger partial charge in [-0.15, -0.1) is 0 Å². The zero-order valence-electron chi connectivity index (χ0n) is 9.36. The molecule has 0 saturated heterocycles. The van der Waals surface area contributed by atoms with Crippen LogP contribution < -0.4 is 10.6 Å². The first-order valence-electron chi connectivity index (χ1n) is 5.66. The van der Waals surface area contributed by atoms with Gasteiger partial charge in [-0.05, 0) is 42.3 Å². The van der Waals surface area contributed by atoms with Crippen molar-refractivity contribution in [2.45, 2.75) is 6.42 Å². The van der Waals surface area contributed by atoms with Gasteiger partial charge in [-0.25, -0.2) is 0 Å². The van der Waals surface area contributed by atoms with Gasteiger partial charge in [-0.3, -0.25) is 0 Å². The molecule has 2 aromatic carbocycles. The van der Waals surface area contributed by atoms with E-state index in [4.69, 9.17) is 17.3 Å². The average Bonchev–Trinajstić information content (AvgIpc) is 2.72. The summed E-state index contributed by atoms with van der Waals surface area (Å²) in [5.41, 5.74) is 10.4. The van der Waals surface area contributed by atoms with Gasteiger partial charge in [-0.1, -0.05) is 23.7 Å². The van der Waals surface area contributed by atoms with Crippen molar-refractivity contribution in [3.63, 3.8) is 0 Å². The van der Waals surface area contributed by atoms with E-state index in [1.165, 1.54) is 11.3 Å². The first-order chi connectivity index (χ1) is 8.25. The number of halogens is 1. The number of fused-ring (bicyclic) bond motifs is 1. The summed E-state index contributed by atoms with van der Waals surface area (Å²) in [5.74, 6) is 0. The Balaban J connectivity index is 2.07. The van der Waals surface area contributed by atoms with Crippen LogP contribution in [0.3, 0.4) is 0 Å². The van der Waals surface area contributed by atoms with E-state index in [1.54, 1.807) is 0 Å². The predicted octanol–water partition coefficient (Wildman–Crippen LogP) is 3.62. The van der Waals surface area contributed by atoms with Crippen molar-refractivity contribution >= 4 is 28.7 Å². The van der Waals surface area contributed by atoms with Gasteiger partial charge in [-0.2, -0.15) is 0 Å². The predicted molar refractivity (Wildman–Crippen MR) is 73.0 cm³/mol. The lowest BCUT2D eigenvalue weighted by Gasteiger charge is -2.21. The molecule has 0 radical (unpaired) electrons. The van der Waals surface area contributed by atoms with Gasteiger partial charge in [0.2, 0.25) is 0 Å². The summed E-state index contributed by atoms with van der Waals surface area (Å²) >= 11 is 6.01. The second-order valence-corrected chi connectivity index (χ2v) is 4.67. The Morgan fingerprint density at radius 3 is 2.71 bits per heavy atom. The molecular weight excluding hydrogens is 232 g/mol. The fourth-order valence-corrected chi connectivity index (χ4v) is 2.55. The third-order valence-electron chi connectivity index (χ3n) is 3.16. The molecule has 0 saturated carbocycles. The summed E-state index contributed by atoms with van der Waals surface area (Å²) in [6.07, 6.45) is 1.02. The fourth-order valence-electron chi connectivity index (χ4n) is 2.35. The van der Waals surface area contributed by atoms with Crippen LogP contribution in [-0.4, -0.2) is 6.54 Å². The Kier molecular flexibility index (Phi) is 2.45. The topological polar surface area (TPSA) is 29.3 Å². The lowest BCUT2D eigenvalue weighted by atomic mass is 10.1. The molecule has 0 spiro atoms. The molecule has 0 aromatic heterocycles. The number of rotatable bonds is 1. The zero-order chi connectivity index (χ0) is 11.8. The molecule has 0 aliphatic carbocycles. The van der Waals surface area contributed by atoms with Crippen LogP contribution in [0.5, 0.6) is 0 Å². The highest BCUT2D eigenvalue weighted by molar-refractivity contribution is 6.30. The number of benzene rings is 2. The number of nitrogens with two attached hydrogens (primary N) is 1. The summed E-state index contributed by atoms with van der Waals surface area (Å²) in [5, 5.41) is 0.798. The van der Waals surface area contributed by atoms with E-state index in [1.807, 2.05) is 30.3 Å². The third kappa shape index (κ3) is 1.75. The number of hydrogen-bond donors (Lipinski definition) is 1. The molecule has 0 amide bonds. The van der Waals surface area contributed by atoms with Crippen LogP contribution >= 0.6 is 11.6 Å². The first kappa shape index (κ1) is 10.5. The number of nitrogens with zero attached hydrogens (tertiary/aromatic N) is 1. The summed E-state index contributed by atoms with van der Waals surface area (Å²) in [6, 6.07) is 14.0. The van der Waals surface area contributed by atoms with E-state index in [9.17, 15) is 0 Å². The van der Waals surface area contributed by atoms with Crippen LogP contribution in [0.25, 0.3) is 0 Å². The Morgan fingerprint density at radius 1 is 1.06 bits per heavy atom. The lowest BCUT2D eigenvalue weighted by Crippen LogP contribution is -2.14. The van der Waals surface area contributed by atoms with Crippen molar-refractivity contribution in [1.29, 1.82) is 0 Å². The van der Waals surface area contributed by atoms with Crippen LogP contribution in [0, 0.1) is 0 Å². The highest BCUT2D eigenvalue weighted by atomic mass is 35.5. The Bertz CT molecular complexity index is 566. The van der Waals surface area contributed by atoms with Crippen LogP contribution in [-0.2, 0) is 6.42 Å². The SMILES string of the molecule is Nc1ccccc1N1CCc2cc(Cl)ccc21. The second-order valence-electron chi connectivity index (χ2n) is 4.23. The lowest BCUT2D eigenvalue weighted by molar-refractivity contribution is 1.000. The summed E-state index contributed by atoms with van der Waals surface area (Å²) < 4.78 is 0. The highest BCUT2D eigenvalue weighted by Crippen LogP contribution is 2.38. The average molecular weight is 245 g/mol. The summed E-state index contributed by atoms with van der Waals surface area (Å²) in [6.45, 7) is 0.962. The van der Waals surface area contributed by atoms with Gasteiger partial charge in [0.25, 0.3) is 0 Å². The molecule has 3 rings (SSSR count). The molecule has 0 atom stereocenters. The van der Waals surface area contributed by atoms with Gasteiger partial charge in [0, 0.05) is 17.3 Å². The molecule has 1 aliphatic rings. The number of hydrogen-bond acceptors (Lipinski definition) is 2. The summed E-state index contributed by atoms with van der Waals surface area (Å²) in [4.78, 5) is 2.25. The van der Waals surface area contributed by atoms with E-state index in [0.717, 1.165) is 29.4 Å². The molecule has 1 heterocycles. The smallest absolute Gasteiger partial charge is 0.0644 e. The van der Waals surface area contributed by atoms with Gasteiger partial charge in [0.1, 0.15) is 0 Å². The van der Waals surface area contributed by atoms with Crippen molar-refractivity contribution in [1.82, 2.24) is 0 Å². The normalized spacial score (nSPS) is 13.8. The van der Waals surface area contributed by atoms with Crippen molar-refractivity contribution in [2.75, 3.05) is 17.2 Å². The summed E-state index contributed by atoms with van der Waals surface area (Å²) in [7, 11) is 0. The van der Waals surface area contributed by atoms with Crippen LogP contribution in [0.15, 0.2) is 42.5 Å². The molecule has 1 aliphatic heterocycles. The molecule has 3 heteroatoms. The van der Waals surface area contributed by atoms with E-state index < -0.39 is 0 Å². The minimum absolute atomic E-state index is 0.798. The molecule has 0 fully saturated rings. The minimum Gasteiger partial charge on any atom is -0.397 e. The maximum Gasteiger partial charge on any atom is 0.0644 e. The van der Waals surface area contributed by atoms with E-state index in [2.05, 4.69) is 17.0 Å². The monoisotopic (exact) mass is 244 g/mol. The van der Waals surface area contributed by atoms with Crippen molar-refractivity contribution in [2.24, 2.45) is 0 Å². The van der Waals surface area contributed by atoms with Crippen LogP contribution in [0.1, 0.15) is 5.56 Å². The maximum absolute atomic E-state index is 6.02. The minimum atomic E-state index is 0.798. The number of nitrogen functional groups attached to an aromatic ring is 1. The highest BCUT2D eigenvalue weighted by Gasteiger charge is 2.21. The standard InChI is InChI=1S/C14H13ClN2/c15-11-5-6-13-10(9-11)7-8-17(13)14-4-2-1-3-12(14)16/h1-6,9H,7-8,16H2. The molecule has 2 nitrogen and oxygen atoms in total. The molecule has 2 aromatic rings. The second kappa shape index (κ2) is 3.97. The van der Waals surface area contributed by atoms with Crippen molar-refractivity contribution in [3.8, 4) is 0 Å². The zero-order valence-corrected chi connectivity index (χ0v) is 10.1. The Labute approximate surface area is 106 Å². The van der Waals surface area contributed by atoms with E-state index in [-0.39, 0.29) is 0 Å². The van der Waals surface area contributed by atoms with Gasteiger partial charge >= 0.3 is 0 Å². The van der Waals surface area contributed by atoms with Gasteiger partial charge < -0.3 is 10.6 Å². The number of anilines is 3. The quantitative estimate of drug-likeness (QED) is 0.777. The molecule has 86 valence electrons. The molecule has 0 unspecified atom stereocenters. The molecular formula is C14H13ClN2. The number of para-hydroxylation sites is 2.